The second kappa shape index (κ2) is 7.10. The zero-order chi connectivity index (χ0) is 14.4. The molecular formula is C16H22N2O2. The van der Waals surface area contributed by atoms with Gasteiger partial charge in [-0.05, 0) is 12.5 Å². The topological polar surface area (TPSA) is 41.6 Å². The van der Waals surface area contributed by atoms with Crippen LogP contribution in [-0.2, 0) is 11.2 Å². The van der Waals surface area contributed by atoms with Gasteiger partial charge in [0.05, 0.1) is 12.7 Å². The average Bonchev–Trinajstić information content (AvgIpc) is 2.48. The fourth-order valence-corrected chi connectivity index (χ4v) is 2.25. The molecule has 0 spiro atoms. The lowest BCUT2D eigenvalue weighted by molar-refractivity contribution is -0.0134. The third-order valence-corrected chi connectivity index (χ3v) is 3.44. The van der Waals surface area contributed by atoms with Gasteiger partial charge in [0, 0.05) is 25.6 Å². The quantitative estimate of drug-likeness (QED) is 0.855. The van der Waals surface area contributed by atoms with E-state index in [4.69, 9.17) is 4.74 Å². The van der Waals surface area contributed by atoms with Crippen LogP contribution in [0.1, 0.15) is 12.5 Å². The Morgan fingerprint density at radius 1 is 1.55 bits per heavy atom. The predicted octanol–water partition coefficient (Wildman–Crippen LogP) is 2.21. The summed E-state index contributed by atoms with van der Waals surface area (Å²) in [5, 5.41) is 2.90. The van der Waals surface area contributed by atoms with E-state index < -0.39 is 0 Å². The van der Waals surface area contributed by atoms with Gasteiger partial charge in [-0.1, -0.05) is 36.4 Å². The normalized spacial score (nSPS) is 20.2. The van der Waals surface area contributed by atoms with E-state index in [2.05, 4.69) is 24.0 Å². The zero-order valence-corrected chi connectivity index (χ0v) is 11.9. The van der Waals surface area contributed by atoms with E-state index in [1.54, 1.807) is 6.08 Å². The second-order valence-electron chi connectivity index (χ2n) is 5.10. The van der Waals surface area contributed by atoms with Crippen LogP contribution in [0.3, 0.4) is 0 Å². The minimum absolute atomic E-state index is 0.0158. The van der Waals surface area contributed by atoms with Gasteiger partial charge in [0.2, 0.25) is 0 Å². The van der Waals surface area contributed by atoms with E-state index in [-0.39, 0.29) is 18.2 Å². The van der Waals surface area contributed by atoms with Crippen molar-refractivity contribution in [1.82, 2.24) is 10.2 Å². The summed E-state index contributed by atoms with van der Waals surface area (Å²) in [4.78, 5) is 13.9. The Labute approximate surface area is 120 Å². The fourth-order valence-electron chi connectivity index (χ4n) is 2.25. The van der Waals surface area contributed by atoms with Gasteiger partial charge in [0.15, 0.2) is 0 Å². The number of ether oxygens (including phenoxy) is 1. The number of hydrogen-bond acceptors (Lipinski definition) is 2. The molecule has 2 amide bonds. The van der Waals surface area contributed by atoms with Crippen LogP contribution >= 0.6 is 0 Å². The number of urea groups is 1. The van der Waals surface area contributed by atoms with E-state index in [0.29, 0.717) is 19.7 Å². The molecule has 4 heteroatoms. The molecule has 1 fully saturated rings. The van der Waals surface area contributed by atoms with Crippen LogP contribution in [0.2, 0.25) is 0 Å². The Morgan fingerprint density at radius 3 is 3.00 bits per heavy atom. The number of morpholine rings is 1. The smallest absolute Gasteiger partial charge is 0.318 e. The summed E-state index contributed by atoms with van der Waals surface area (Å²) in [6, 6.07) is 10.2. The van der Waals surface area contributed by atoms with Gasteiger partial charge in [-0.15, -0.1) is 6.58 Å². The highest BCUT2D eigenvalue weighted by molar-refractivity contribution is 5.74. The highest BCUT2D eigenvalue weighted by Crippen LogP contribution is 2.12. The van der Waals surface area contributed by atoms with Crippen LogP contribution in [0, 0.1) is 0 Å². The SMILES string of the molecule is C=C[C@@H](C)NC(=O)N1CCO[C@H](Cc2ccccc2)C1. The second-order valence-corrected chi connectivity index (χ2v) is 5.10. The van der Waals surface area contributed by atoms with E-state index in [1.807, 2.05) is 30.0 Å². The summed E-state index contributed by atoms with van der Waals surface area (Å²) >= 11 is 0. The molecule has 1 aromatic carbocycles. The van der Waals surface area contributed by atoms with Crippen molar-refractivity contribution in [3.63, 3.8) is 0 Å². The minimum Gasteiger partial charge on any atom is -0.374 e. The molecule has 4 nitrogen and oxygen atoms in total. The molecule has 1 saturated heterocycles. The molecule has 1 aliphatic heterocycles. The third kappa shape index (κ3) is 4.10. The van der Waals surface area contributed by atoms with Gasteiger partial charge in [-0.25, -0.2) is 4.79 Å². The first-order valence-corrected chi connectivity index (χ1v) is 7.02. The lowest BCUT2D eigenvalue weighted by atomic mass is 10.1. The predicted molar refractivity (Wildman–Crippen MR) is 79.6 cm³/mol. The largest absolute Gasteiger partial charge is 0.374 e. The van der Waals surface area contributed by atoms with Crippen molar-refractivity contribution >= 4 is 6.03 Å². The Hall–Kier alpha value is -1.81. The summed E-state index contributed by atoms with van der Waals surface area (Å²) in [7, 11) is 0. The molecule has 2 rings (SSSR count). The van der Waals surface area contributed by atoms with Crippen LogP contribution in [0.25, 0.3) is 0 Å². The maximum absolute atomic E-state index is 12.1. The Balaban J connectivity index is 1.88. The molecule has 0 bridgehead atoms. The Morgan fingerprint density at radius 2 is 2.30 bits per heavy atom. The van der Waals surface area contributed by atoms with Crippen molar-refractivity contribution in [3.8, 4) is 0 Å². The number of hydrogen-bond donors (Lipinski definition) is 1. The van der Waals surface area contributed by atoms with E-state index in [1.165, 1.54) is 5.56 Å². The summed E-state index contributed by atoms with van der Waals surface area (Å²) in [5.41, 5.74) is 1.24. The van der Waals surface area contributed by atoms with Crippen molar-refractivity contribution in [2.24, 2.45) is 0 Å². The molecule has 0 aliphatic carbocycles. The van der Waals surface area contributed by atoms with Crippen LogP contribution < -0.4 is 5.32 Å². The number of amides is 2. The van der Waals surface area contributed by atoms with Crippen LogP contribution in [0.15, 0.2) is 43.0 Å². The van der Waals surface area contributed by atoms with Gasteiger partial charge in [0.1, 0.15) is 0 Å². The monoisotopic (exact) mass is 274 g/mol. The van der Waals surface area contributed by atoms with Crippen LogP contribution in [-0.4, -0.2) is 42.8 Å². The number of carbonyl (C=O) groups is 1. The molecule has 0 radical (unpaired) electrons. The molecular weight excluding hydrogens is 252 g/mol. The van der Waals surface area contributed by atoms with E-state index >= 15 is 0 Å². The number of nitrogens with one attached hydrogen (secondary N) is 1. The molecule has 2 atom stereocenters. The molecule has 1 aliphatic rings. The summed E-state index contributed by atoms with van der Waals surface area (Å²) in [5.74, 6) is 0. The number of rotatable bonds is 4. The molecule has 0 saturated carbocycles. The molecule has 0 aromatic heterocycles. The van der Waals surface area contributed by atoms with Crippen molar-refractivity contribution in [1.29, 1.82) is 0 Å². The maximum atomic E-state index is 12.1. The fraction of sp³-hybridized carbons (Fsp3) is 0.438. The molecule has 0 unspecified atom stereocenters. The minimum atomic E-state index is -0.0428. The number of nitrogens with zero attached hydrogens (tertiary/aromatic N) is 1. The summed E-state index contributed by atoms with van der Waals surface area (Å²) < 4.78 is 5.75. The maximum Gasteiger partial charge on any atom is 0.318 e. The Bertz CT molecular complexity index is 447. The number of carbonyl (C=O) groups excluding carboxylic acids is 1. The van der Waals surface area contributed by atoms with Crippen LogP contribution in [0.4, 0.5) is 4.79 Å². The first-order chi connectivity index (χ1) is 9.69. The van der Waals surface area contributed by atoms with Crippen LogP contribution in [0.5, 0.6) is 0 Å². The standard InChI is InChI=1S/C16H22N2O2/c1-3-13(2)17-16(19)18-9-10-20-15(12-18)11-14-7-5-4-6-8-14/h3-8,13,15H,1,9-12H2,2H3,(H,17,19)/t13-,15-/m1/s1. The lowest BCUT2D eigenvalue weighted by Gasteiger charge is -2.33. The molecule has 1 heterocycles. The van der Waals surface area contributed by atoms with Crippen molar-refractivity contribution in [2.75, 3.05) is 19.7 Å². The first-order valence-electron chi connectivity index (χ1n) is 7.02. The zero-order valence-electron chi connectivity index (χ0n) is 11.9. The van der Waals surface area contributed by atoms with Gasteiger partial charge in [0.25, 0.3) is 0 Å². The number of benzene rings is 1. The third-order valence-electron chi connectivity index (χ3n) is 3.44. The molecule has 108 valence electrons. The average molecular weight is 274 g/mol. The highest BCUT2D eigenvalue weighted by atomic mass is 16.5. The van der Waals surface area contributed by atoms with Crippen molar-refractivity contribution < 1.29 is 9.53 Å². The van der Waals surface area contributed by atoms with Gasteiger partial charge < -0.3 is 15.0 Å². The Kier molecular flexibility index (Phi) is 5.18. The van der Waals surface area contributed by atoms with Gasteiger partial charge in [-0.3, -0.25) is 0 Å². The van der Waals surface area contributed by atoms with E-state index in [9.17, 15) is 4.79 Å². The van der Waals surface area contributed by atoms with Gasteiger partial charge >= 0.3 is 6.03 Å². The van der Waals surface area contributed by atoms with Crippen molar-refractivity contribution in [3.05, 3.63) is 48.6 Å². The van der Waals surface area contributed by atoms with Gasteiger partial charge in [-0.2, -0.15) is 0 Å². The molecule has 1 aromatic rings. The first kappa shape index (κ1) is 14.6. The molecule has 20 heavy (non-hydrogen) atoms. The highest BCUT2D eigenvalue weighted by Gasteiger charge is 2.24. The van der Waals surface area contributed by atoms with Crippen molar-refractivity contribution in [2.45, 2.75) is 25.5 Å². The van der Waals surface area contributed by atoms with E-state index in [0.717, 1.165) is 6.42 Å². The summed E-state index contributed by atoms with van der Waals surface area (Å²) in [6.45, 7) is 7.44. The molecule has 1 N–H and O–H groups in total. The summed E-state index contributed by atoms with van der Waals surface area (Å²) in [6.07, 6.45) is 2.62. The lowest BCUT2D eigenvalue weighted by Crippen LogP contribution is -2.51.